The van der Waals surface area contributed by atoms with Gasteiger partial charge in [0.25, 0.3) is 0 Å². The summed E-state index contributed by atoms with van der Waals surface area (Å²) in [5.41, 5.74) is 1.50. The summed E-state index contributed by atoms with van der Waals surface area (Å²) < 4.78 is 0. The van der Waals surface area contributed by atoms with Crippen molar-refractivity contribution in [2.45, 2.75) is 18.8 Å². The second-order valence-corrected chi connectivity index (χ2v) is 5.06. The van der Waals surface area contributed by atoms with Crippen LogP contribution in [0.25, 0.3) is 10.8 Å². The van der Waals surface area contributed by atoms with E-state index in [1.54, 1.807) is 0 Å². The standard InChI is InChI=1S/C15H18N2/c1-17-8-5-12(6-9-17)13-2-3-15-11-16-7-4-14(15)10-13/h2-4,7,10-12H,5-6,8-9H2,1H3. The van der Waals surface area contributed by atoms with E-state index < -0.39 is 0 Å². The molecule has 0 saturated carbocycles. The van der Waals surface area contributed by atoms with Crippen molar-refractivity contribution in [3.63, 3.8) is 0 Å². The first kappa shape index (κ1) is 10.7. The molecule has 1 aliphatic rings. The molecule has 2 aromatic rings. The minimum atomic E-state index is 0.740. The Hall–Kier alpha value is -1.41. The predicted octanol–water partition coefficient (Wildman–Crippen LogP) is 3.04. The van der Waals surface area contributed by atoms with Gasteiger partial charge in [0.05, 0.1) is 0 Å². The van der Waals surface area contributed by atoms with Gasteiger partial charge in [-0.1, -0.05) is 18.2 Å². The fourth-order valence-corrected chi connectivity index (χ4v) is 2.70. The summed E-state index contributed by atoms with van der Waals surface area (Å²) in [6.07, 6.45) is 6.38. The Morgan fingerprint density at radius 3 is 2.76 bits per heavy atom. The van der Waals surface area contributed by atoms with Gasteiger partial charge in [-0.05, 0) is 55.9 Å². The maximum absolute atomic E-state index is 4.16. The van der Waals surface area contributed by atoms with Gasteiger partial charge in [0.15, 0.2) is 0 Å². The van der Waals surface area contributed by atoms with Crippen LogP contribution in [-0.4, -0.2) is 30.0 Å². The quantitative estimate of drug-likeness (QED) is 0.743. The molecule has 1 aromatic heterocycles. The van der Waals surface area contributed by atoms with E-state index in [2.05, 4.69) is 41.2 Å². The molecule has 3 rings (SSSR count). The second-order valence-electron chi connectivity index (χ2n) is 5.06. The fraction of sp³-hybridized carbons (Fsp3) is 0.400. The number of rotatable bonds is 1. The first-order chi connectivity index (χ1) is 8.33. The van der Waals surface area contributed by atoms with E-state index in [4.69, 9.17) is 0 Å². The van der Waals surface area contributed by atoms with Crippen molar-refractivity contribution in [2.75, 3.05) is 20.1 Å². The van der Waals surface area contributed by atoms with E-state index in [1.807, 2.05) is 12.4 Å². The van der Waals surface area contributed by atoms with Crippen LogP contribution in [0.15, 0.2) is 36.7 Å². The molecule has 0 bridgehead atoms. The number of fused-ring (bicyclic) bond motifs is 1. The Morgan fingerprint density at radius 1 is 1.12 bits per heavy atom. The lowest BCUT2D eigenvalue weighted by atomic mass is 9.89. The molecule has 0 N–H and O–H groups in total. The number of pyridine rings is 1. The third-order valence-electron chi connectivity index (χ3n) is 3.85. The molecule has 0 aliphatic carbocycles. The summed E-state index contributed by atoms with van der Waals surface area (Å²) in [6, 6.07) is 8.93. The minimum Gasteiger partial charge on any atom is -0.306 e. The van der Waals surface area contributed by atoms with E-state index >= 15 is 0 Å². The maximum atomic E-state index is 4.16. The number of piperidine rings is 1. The van der Waals surface area contributed by atoms with E-state index in [0.29, 0.717) is 0 Å². The van der Waals surface area contributed by atoms with Crippen molar-refractivity contribution in [3.8, 4) is 0 Å². The Balaban J connectivity index is 1.90. The van der Waals surface area contributed by atoms with Crippen LogP contribution in [0.4, 0.5) is 0 Å². The van der Waals surface area contributed by atoms with Gasteiger partial charge in [-0.15, -0.1) is 0 Å². The van der Waals surface area contributed by atoms with Gasteiger partial charge in [-0.2, -0.15) is 0 Å². The molecule has 1 aliphatic heterocycles. The van der Waals surface area contributed by atoms with Crippen molar-refractivity contribution < 1.29 is 0 Å². The molecule has 17 heavy (non-hydrogen) atoms. The van der Waals surface area contributed by atoms with Gasteiger partial charge in [0, 0.05) is 17.8 Å². The van der Waals surface area contributed by atoms with Crippen LogP contribution in [0.5, 0.6) is 0 Å². The first-order valence-corrected chi connectivity index (χ1v) is 6.35. The van der Waals surface area contributed by atoms with E-state index in [1.165, 1.54) is 42.3 Å². The summed E-state index contributed by atoms with van der Waals surface area (Å²) in [5.74, 6) is 0.740. The van der Waals surface area contributed by atoms with Crippen LogP contribution in [0.1, 0.15) is 24.3 Å². The zero-order valence-electron chi connectivity index (χ0n) is 10.3. The summed E-state index contributed by atoms with van der Waals surface area (Å²) in [7, 11) is 2.21. The highest BCUT2D eigenvalue weighted by Gasteiger charge is 2.18. The largest absolute Gasteiger partial charge is 0.306 e. The fourth-order valence-electron chi connectivity index (χ4n) is 2.70. The van der Waals surface area contributed by atoms with Crippen LogP contribution in [-0.2, 0) is 0 Å². The third-order valence-corrected chi connectivity index (χ3v) is 3.85. The summed E-state index contributed by atoms with van der Waals surface area (Å²) >= 11 is 0. The number of benzene rings is 1. The highest BCUT2D eigenvalue weighted by atomic mass is 15.1. The van der Waals surface area contributed by atoms with Crippen LogP contribution in [0.3, 0.4) is 0 Å². The van der Waals surface area contributed by atoms with Crippen molar-refractivity contribution >= 4 is 10.8 Å². The number of aromatic nitrogens is 1. The summed E-state index contributed by atoms with van der Waals surface area (Å²) in [6.45, 7) is 2.44. The Kier molecular flexibility index (Phi) is 2.81. The molecule has 0 unspecified atom stereocenters. The van der Waals surface area contributed by atoms with Gasteiger partial charge in [-0.3, -0.25) is 4.98 Å². The molecule has 1 fully saturated rings. The lowest BCUT2D eigenvalue weighted by Crippen LogP contribution is -2.29. The van der Waals surface area contributed by atoms with Gasteiger partial charge < -0.3 is 4.90 Å². The highest BCUT2D eigenvalue weighted by Crippen LogP contribution is 2.29. The SMILES string of the molecule is CN1CCC(c2ccc3cnccc3c2)CC1. The molecule has 2 heteroatoms. The zero-order valence-corrected chi connectivity index (χ0v) is 10.3. The molecule has 0 amide bonds. The topological polar surface area (TPSA) is 16.1 Å². The van der Waals surface area contributed by atoms with Gasteiger partial charge in [0.1, 0.15) is 0 Å². The number of nitrogens with zero attached hydrogens (tertiary/aromatic N) is 2. The average Bonchev–Trinajstić information content (AvgIpc) is 2.39. The number of hydrogen-bond donors (Lipinski definition) is 0. The molecule has 2 heterocycles. The summed E-state index contributed by atoms with van der Waals surface area (Å²) in [5, 5.41) is 2.56. The molecule has 2 nitrogen and oxygen atoms in total. The van der Waals surface area contributed by atoms with Crippen LogP contribution in [0.2, 0.25) is 0 Å². The minimum absolute atomic E-state index is 0.740. The Bertz CT molecular complexity index is 513. The zero-order chi connectivity index (χ0) is 11.7. The van der Waals surface area contributed by atoms with E-state index in [-0.39, 0.29) is 0 Å². The summed E-state index contributed by atoms with van der Waals surface area (Å²) in [4.78, 5) is 6.58. The van der Waals surface area contributed by atoms with Gasteiger partial charge in [-0.25, -0.2) is 0 Å². The highest BCUT2D eigenvalue weighted by molar-refractivity contribution is 5.82. The smallest absolute Gasteiger partial charge is 0.0346 e. The van der Waals surface area contributed by atoms with Crippen molar-refractivity contribution in [2.24, 2.45) is 0 Å². The van der Waals surface area contributed by atoms with Crippen LogP contribution >= 0.6 is 0 Å². The lowest BCUT2D eigenvalue weighted by Gasteiger charge is -2.29. The number of hydrogen-bond acceptors (Lipinski definition) is 2. The lowest BCUT2D eigenvalue weighted by molar-refractivity contribution is 0.255. The second kappa shape index (κ2) is 4.46. The van der Waals surface area contributed by atoms with Crippen molar-refractivity contribution in [1.29, 1.82) is 0 Å². The van der Waals surface area contributed by atoms with Crippen LogP contribution in [0, 0.1) is 0 Å². The third kappa shape index (κ3) is 2.18. The molecule has 0 spiro atoms. The van der Waals surface area contributed by atoms with Gasteiger partial charge >= 0.3 is 0 Å². The van der Waals surface area contributed by atoms with E-state index in [9.17, 15) is 0 Å². The average molecular weight is 226 g/mol. The number of likely N-dealkylation sites (tertiary alicyclic amines) is 1. The first-order valence-electron chi connectivity index (χ1n) is 6.35. The Labute approximate surface area is 102 Å². The molecule has 0 radical (unpaired) electrons. The van der Waals surface area contributed by atoms with Crippen LogP contribution < -0.4 is 0 Å². The molecule has 88 valence electrons. The normalized spacial score (nSPS) is 18.6. The monoisotopic (exact) mass is 226 g/mol. The molecular weight excluding hydrogens is 208 g/mol. The predicted molar refractivity (Wildman–Crippen MR) is 71.2 cm³/mol. The van der Waals surface area contributed by atoms with Crippen molar-refractivity contribution in [3.05, 3.63) is 42.2 Å². The van der Waals surface area contributed by atoms with Gasteiger partial charge in [0.2, 0.25) is 0 Å². The Morgan fingerprint density at radius 2 is 1.94 bits per heavy atom. The molecule has 0 atom stereocenters. The molecule has 1 saturated heterocycles. The van der Waals surface area contributed by atoms with Crippen molar-refractivity contribution in [1.82, 2.24) is 9.88 Å². The maximum Gasteiger partial charge on any atom is 0.0346 e. The molecule has 1 aromatic carbocycles. The molecular formula is C15H18N2. The van der Waals surface area contributed by atoms with E-state index in [0.717, 1.165) is 5.92 Å².